The number of fused-ring (bicyclic) bond motifs is 3. The maximum Gasteiger partial charge on any atom is 0.214 e. The highest BCUT2D eigenvalue weighted by Crippen LogP contribution is 2.55. The average molecular weight is 358 g/mol. The van der Waals surface area contributed by atoms with Crippen LogP contribution < -0.4 is 0 Å². The first-order chi connectivity index (χ1) is 11.3. The number of ether oxygens (including phenoxy) is 2. The van der Waals surface area contributed by atoms with Gasteiger partial charge in [-0.3, -0.25) is 0 Å². The van der Waals surface area contributed by atoms with Crippen LogP contribution in [0.3, 0.4) is 0 Å². The highest BCUT2D eigenvalue weighted by atomic mass is 32.2. The van der Waals surface area contributed by atoms with E-state index in [1.54, 1.807) is 4.31 Å². The van der Waals surface area contributed by atoms with Crippen molar-refractivity contribution in [1.82, 2.24) is 4.31 Å². The highest BCUT2D eigenvalue weighted by molar-refractivity contribution is 7.89. The Morgan fingerprint density at radius 2 is 2.00 bits per heavy atom. The zero-order valence-electron chi connectivity index (χ0n) is 15.0. The molecule has 2 aliphatic heterocycles. The second-order valence-corrected chi connectivity index (χ2v) is 11.2. The second kappa shape index (κ2) is 5.93. The van der Waals surface area contributed by atoms with Gasteiger partial charge in [-0.1, -0.05) is 0 Å². The number of hydrogen-bond donors (Lipinski definition) is 0. The van der Waals surface area contributed by atoms with E-state index in [1.165, 1.54) is 19.3 Å². The maximum atomic E-state index is 13.0. The Bertz CT molecular complexity index is 584. The Morgan fingerprint density at radius 3 is 2.62 bits per heavy atom. The SMILES string of the molecule is CC1(C)CN(S(=O)(=O)CCC2CCOC2)CC2(CC3CCC2C3)O1. The zero-order chi connectivity index (χ0) is 17.0. The molecule has 1 spiro atoms. The van der Waals surface area contributed by atoms with Crippen molar-refractivity contribution in [2.75, 3.05) is 32.1 Å². The summed E-state index contributed by atoms with van der Waals surface area (Å²) < 4.78 is 39.7. The van der Waals surface area contributed by atoms with Crippen molar-refractivity contribution >= 4 is 10.0 Å². The lowest BCUT2D eigenvalue weighted by Crippen LogP contribution is -2.62. The van der Waals surface area contributed by atoms with Crippen LogP contribution in [0.25, 0.3) is 0 Å². The van der Waals surface area contributed by atoms with E-state index in [9.17, 15) is 8.42 Å². The van der Waals surface area contributed by atoms with Gasteiger partial charge in [0.2, 0.25) is 10.0 Å². The van der Waals surface area contributed by atoms with Gasteiger partial charge in [0.05, 0.1) is 17.0 Å². The van der Waals surface area contributed by atoms with Crippen LogP contribution in [0.2, 0.25) is 0 Å². The molecule has 2 heterocycles. The lowest BCUT2D eigenvalue weighted by Gasteiger charge is -2.51. The number of sulfonamides is 1. The van der Waals surface area contributed by atoms with Gasteiger partial charge in [-0.05, 0) is 70.1 Å². The molecule has 2 aliphatic carbocycles. The van der Waals surface area contributed by atoms with E-state index >= 15 is 0 Å². The molecule has 2 bridgehead atoms. The van der Waals surface area contributed by atoms with Crippen molar-refractivity contribution in [2.45, 2.75) is 63.6 Å². The third kappa shape index (κ3) is 3.15. The first kappa shape index (κ1) is 17.3. The number of morpholine rings is 1. The first-order valence-electron chi connectivity index (χ1n) is 9.54. The average Bonchev–Trinajstić information content (AvgIpc) is 3.20. The third-order valence-corrected chi connectivity index (χ3v) is 8.40. The third-order valence-electron chi connectivity index (χ3n) is 6.60. The van der Waals surface area contributed by atoms with Crippen molar-refractivity contribution in [3.63, 3.8) is 0 Å². The maximum absolute atomic E-state index is 13.0. The Hall–Kier alpha value is -0.170. The summed E-state index contributed by atoms with van der Waals surface area (Å²) in [6.07, 6.45) is 6.49. The van der Waals surface area contributed by atoms with E-state index in [0.717, 1.165) is 38.4 Å². The van der Waals surface area contributed by atoms with Crippen molar-refractivity contribution in [3.8, 4) is 0 Å². The van der Waals surface area contributed by atoms with Gasteiger partial charge in [0.25, 0.3) is 0 Å². The largest absolute Gasteiger partial charge is 0.381 e. The summed E-state index contributed by atoms with van der Waals surface area (Å²) in [5.41, 5.74) is -0.625. The summed E-state index contributed by atoms with van der Waals surface area (Å²) in [7, 11) is -3.22. The molecular weight excluding hydrogens is 326 g/mol. The fraction of sp³-hybridized carbons (Fsp3) is 1.00. The molecule has 4 unspecified atom stereocenters. The fourth-order valence-electron chi connectivity index (χ4n) is 5.56. The molecule has 0 aromatic rings. The molecule has 138 valence electrons. The molecular formula is C18H31NO4S. The van der Waals surface area contributed by atoms with Gasteiger partial charge < -0.3 is 9.47 Å². The summed E-state index contributed by atoms with van der Waals surface area (Å²) in [5.74, 6) is 1.94. The van der Waals surface area contributed by atoms with Crippen LogP contribution in [0.15, 0.2) is 0 Å². The van der Waals surface area contributed by atoms with Gasteiger partial charge in [-0.2, -0.15) is 4.31 Å². The highest BCUT2D eigenvalue weighted by Gasteiger charge is 2.58. The van der Waals surface area contributed by atoms with Gasteiger partial charge in [-0.15, -0.1) is 0 Å². The van der Waals surface area contributed by atoms with Gasteiger partial charge in [0, 0.05) is 26.3 Å². The van der Waals surface area contributed by atoms with Crippen LogP contribution in [0.5, 0.6) is 0 Å². The number of hydrogen-bond acceptors (Lipinski definition) is 4. The lowest BCUT2D eigenvalue weighted by molar-refractivity contribution is -0.202. The van der Waals surface area contributed by atoms with Crippen LogP contribution in [-0.2, 0) is 19.5 Å². The van der Waals surface area contributed by atoms with Crippen LogP contribution in [0.4, 0.5) is 0 Å². The molecule has 0 amide bonds. The first-order valence-corrected chi connectivity index (χ1v) is 11.1. The minimum Gasteiger partial charge on any atom is -0.381 e. The lowest BCUT2D eigenvalue weighted by atomic mass is 9.81. The summed E-state index contributed by atoms with van der Waals surface area (Å²) in [5, 5.41) is 0. The molecule has 2 saturated heterocycles. The molecule has 6 heteroatoms. The second-order valence-electron chi connectivity index (χ2n) is 9.11. The topological polar surface area (TPSA) is 55.8 Å². The summed E-state index contributed by atoms with van der Waals surface area (Å²) in [6.45, 7) is 6.65. The monoisotopic (exact) mass is 357 g/mol. The van der Waals surface area contributed by atoms with E-state index in [-0.39, 0.29) is 11.4 Å². The van der Waals surface area contributed by atoms with E-state index in [4.69, 9.17) is 9.47 Å². The predicted molar refractivity (Wildman–Crippen MR) is 92.2 cm³/mol. The minimum atomic E-state index is -3.22. The van der Waals surface area contributed by atoms with Crippen LogP contribution in [0, 0.1) is 17.8 Å². The molecule has 24 heavy (non-hydrogen) atoms. The standard InChI is InChI=1S/C18H31NO4S/c1-17(2)12-19(24(20,21)8-6-14-5-7-22-11-14)13-18(23-17)10-15-3-4-16(18)9-15/h14-16H,3-13H2,1-2H3. The Labute approximate surface area is 146 Å². The summed E-state index contributed by atoms with van der Waals surface area (Å²) >= 11 is 0. The smallest absolute Gasteiger partial charge is 0.214 e. The number of rotatable bonds is 4. The quantitative estimate of drug-likeness (QED) is 0.775. The molecule has 0 aromatic heterocycles. The van der Waals surface area contributed by atoms with Crippen molar-refractivity contribution < 1.29 is 17.9 Å². The predicted octanol–water partition coefficient (Wildman–Crippen LogP) is 2.41. The van der Waals surface area contributed by atoms with Crippen molar-refractivity contribution in [3.05, 3.63) is 0 Å². The molecule has 4 rings (SSSR count). The van der Waals surface area contributed by atoms with E-state index in [2.05, 4.69) is 0 Å². The van der Waals surface area contributed by atoms with E-state index in [1.807, 2.05) is 13.8 Å². The molecule has 5 nitrogen and oxygen atoms in total. The van der Waals surface area contributed by atoms with Crippen LogP contribution >= 0.6 is 0 Å². The Kier molecular flexibility index (Phi) is 4.26. The van der Waals surface area contributed by atoms with E-state index < -0.39 is 15.6 Å². The Balaban J connectivity index is 1.49. The van der Waals surface area contributed by atoms with Gasteiger partial charge >= 0.3 is 0 Å². The summed E-state index contributed by atoms with van der Waals surface area (Å²) in [4.78, 5) is 0. The number of nitrogens with zero attached hydrogens (tertiary/aromatic N) is 1. The summed E-state index contributed by atoms with van der Waals surface area (Å²) in [6, 6.07) is 0. The molecule has 4 aliphatic rings. The van der Waals surface area contributed by atoms with Crippen molar-refractivity contribution in [2.24, 2.45) is 17.8 Å². The van der Waals surface area contributed by atoms with Gasteiger partial charge in [0.15, 0.2) is 0 Å². The van der Waals surface area contributed by atoms with Crippen LogP contribution in [0.1, 0.15) is 52.4 Å². The normalized spacial score (nSPS) is 42.2. The molecule has 0 aromatic carbocycles. The zero-order valence-corrected chi connectivity index (χ0v) is 15.8. The van der Waals surface area contributed by atoms with E-state index in [0.29, 0.717) is 24.9 Å². The van der Waals surface area contributed by atoms with Gasteiger partial charge in [-0.25, -0.2) is 8.42 Å². The molecule has 0 radical (unpaired) electrons. The van der Waals surface area contributed by atoms with Gasteiger partial charge in [0.1, 0.15) is 0 Å². The fourth-order valence-corrected chi connectivity index (χ4v) is 7.37. The van der Waals surface area contributed by atoms with Crippen molar-refractivity contribution in [1.29, 1.82) is 0 Å². The molecule has 2 saturated carbocycles. The van der Waals surface area contributed by atoms with Crippen LogP contribution in [-0.4, -0.2) is 56.0 Å². The minimum absolute atomic E-state index is 0.228. The Morgan fingerprint density at radius 1 is 1.17 bits per heavy atom. The molecule has 4 atom stereocenters. The molecule has 0 N–H and O–H groups in total. The molecule has 4 fully saturated rings.